The molecule has 1 amide bonds. The van der Waals surface area contributed by atoms with Crippen LogP contribution in [-0.2, 0) is 0 Å². The number of carbonyl (C=O) groups is 1. The van der Waals surface area contributed by atoms with Crippen LogP contribution in [0.2, 0.25) is 0 Å². The summed E-state index contributed by atoms with van der Waals surface area (Å²) in [4.78, 5) is 16.5. The average molecular weight is 277 g/mol. The maximum absolute atomic E-state index is 13.3. The molecule has 20 heavy (non-hydrogen) atoms. The Morgan fingerprint density at radius 1 is 1.35 bits per heavy atom. The number of imidazole rings is 1. The van der Waals surface area contributed by atoms with E-state index in [1.165, 1.54) is 29.5 Å². The van der Waals surface area contributed by atoms with Gasteiger partial charge in [-0.05, 0) is 25.5 Å². The normalized spacial score (nSPS) is 10.9. The van der Waals surface area contributed by atoms with Crippen LogP contribution in [0.25, 0.3) is 5.65 Å². The fourth-order valence-electron chi connectivity index (χ4n) is 2.25. The number of aromatic nitrogens is 2. The number of halogens is 1. The Labute approximate surface area is 118 Å². The van der Waals surface area contributed by atoms with Crippen molar-refractivity contribution >= 4 is 11.6 Å². The topological polar surface area (TPSA) is 46.4 Å². The van der Waals surface area contributed by atoms with Crippen molar-refractivity contribution in [1.82, 2.24) is 14.7 Å². The van der Waals surface area contributed by atoms with Crippen LogP contribution in [0.4, 0.5) is 4.39 Å². The molecule has 0 aliphatic carbocycles. The fourth-order valence-corrected chi connectivity index (χ4v) is 2.25. The van der Waals surface area contributed by atoms with Crippen LogP contribution in [0.3, 0.4) is 0 Å². The minimum atomic E-state index is -0.383. The molecule has 0 fully saturated rings. The van der Waals surface area contributed by atoms with Crippen molar-refractivity contribution in [3.8, 4) is 0 Å². The van der Waals surface area contributed by atoms with Gasteiger partial charge >= 0.3 is 0 Å². The second kappa shape index (κ2) is 6.50. The van der Waals surface area contributed by atoms with E-state index in [4.69, 9.17) is 0 Å². The predicted molar refractivity (Wildman–Crippen MR) is 76.4 cm³/mol. The summed E-state index contributed by atoms with van der Waals surface area (Å²) in [6.45, 7) is 4.55. The molecule has 4 nitrogen and oxygen atoms in total. The Bertz CT molecular complexity index is 606. The first-order valence-electron chi connectivity index (χ1n) is 7.06. The Balaban J connectivity index is 2.09. The highest BCUT2D eigenvalue weighted by Crippen LogP contribution is 2.13. The second-order valence-electron chi connectivity index (χ2n) is 4.94. The minimum absolute atomic E-state index is 0.197. The highest BCUT2D eigenvalue weighted by molar-refractivity contribution is 5.94. The first-order valence-corrected chi connectivity index (χ1v) is 7.06. The number of rotatable bonds is 6. The lowest BCUT2D eigenvalue weighted by atomic mass is 10.2. The van der Waals surface area contributed by atoms with Crippen molar-refractivity contribution in [2.75, 3.05) is 6.54 Å². The van der Waals surface area contributed by atoms with E-state index in [0.29, 0.717) is 23.6 Å². The molecule has 5 heteroatoms. The summed E-state index contributed by atoms with van der Waals surface area (Å²) in [7, 11) is 0. The standard InChI is InChI=1S/C15H20FN3O/c1-3-4-5-6-9-17-15(20)14-11(2)18-13-8-7-12(16)10-19(13)14/h7-8,10H,3-6,9H2,1-2H3,(H,17,20). The molecule has 0 aliphatic heterocycles. The number of amides is 1. The van der Waals surface area contributed by atoms with Crippen LogP contribution >= 0.6 is 0 Å². The fraction of sp³-hybridized carbons (Fsp3) is 0.467. The van der Waals surface area contributed by atoms with E-state index >= 15 is 0 Å². The van der Waals surface area contributed by atoms with Gasteiger partial charge in [-0.1, -0.05) is 26.2 Å². The second-order valence-corrected chi connectivity index (χ2v) is 4.94. The Morgan fingerprint density at radius 3 is 2.90 bits per heavy atom. The van der Waals surface area contributed by atoms with Gasteiger partial charge in [0.25, 0.3) is 5.91 Å². The molecule has 0 aromatic carbocycles. The minimum Gasteiger partial charge on any atom is -0.351 e. The molecule has 0 bridgehead atoms. The van der Waals surface area contributed by atoms with Crippen molar-refractivity contribution in [2.45, 2.75) is 39.5 Å². The monoisotopic (exact) mass is 277 g/mol. The Morgan fingerprint density at radius 2 is 2.15 bits per heavy atom. The van der Waals surface area contributed by atoms with Crippen LogP contribution in [0.15, 0.2) is 18.3 Å². The van der Waals surface area contributed by atoms with E-state index in [0.717, 1.165) is 12.8 Å². The van der Waals surface area contributed by atoms with E-state index in [1.54, 1.807) is 13.0 Å². The summed E-state index contributed by atoms with van der Waals surface area (Å²) in [5.41, 5.74) is 1.61. The molecule has 2 rings (SSSR count). The number of carbonyl (C=O) groups excluding carboxylic acids is 1. The molecule has 2 heterocycles. The van der Waals surface area contributed by atoms with Gasteiger partial charge in [-0.2, -0.15) is 0 Å². The van der Waals surface area contributed by atoms with E-state index in [2.05, 4.69) is 17.2 Å². The average Bonchev–Trinajstić information content (AvgIpc) is 2.73. The molecule has 0 radical (unpaired) electrons. The molecule has 0 saturated carbocycles. The number of aryl methyl sites for hydroxylation is 1. The molecule has 108 valence electrons. The summed E-state index contributed by atoms with van der Waals surface area (Å²) < 4.78 is 14.8. The van der Waals surface area contributed by atoms with Crippen molar-refractivity contribution < 1.29 is 9.18 Å². The van der Waals surface area contributed by atoms with Gasteiger partial charge in [-0.15, -0.1) is 0 Å². The van der Waals surface area contributed by atoms with E-state index < -0.39 is 0 Å². The molecule has 0 saturated heterocycles. The highest BCUT2D eigenvalue weighted by atomic mass is 19.1. The van der Waals surface area contributed by atoms with Gasteiger partial charge < -0.3 is 5.32 Å². The third-order valence-electron chi connectivity index (χ3n) is 3.29. The number of pyridine rings is 1. The summed E-state index contributed by atoms with van der Waals surface area (Å²) in [6.07, 6.45) is 5.71. The number of hydrogen-bond donors (Lipinski definition) is 1. The quantitative estimate of drug-likeness (QED) is 0.825. The van der Waals surface area contributed by atoms with E-state index in [9.17, 15) is 9.18 Å². The summed E-state index contributed by atoms with van der Waals surface area (Å²) in [6, 6.07) is 2.91. The summed E-state index contributed by atoms with van der Waals surface area (Å²) >= 11 is 0. The van der Waals surface area contributed by atoms with Crippen LogP contribution in [0, 0.1) is 12.7 Å². The largest absolute Gasteiger partial charge is 0.351 e. The lowest BCUT2D eigenvalue weighted by molar-refractivity contribution is 0.0946. The van der Waals surface area contributed by atoms with Gasteiger partial charge in [0.1, 0.15) is 17.2 Å². The van der Waals surface area contributed by atoms with Gasteiger partial charge in [-0.25, -0.2) is 9.37 Å². The molecule has 1 N–H and O–H groups in total. The van der Waals surface area contributed by atoms with E-state index in [-0.39, 0.29) is 11.7 Å². The third-order valence-corrected chi connectivity index (χ3v) is 3.29. The van der Waals surface area contributed by atoms with Gasteiger partial charge in [0.2, 0.25) is 0 Å². The molecule has 0 unspecified atom stereocenters. The van der Waals surface area contributed by atoms with Gasteiger partial charge in [0, 0.05) is 12.7 Å². The molecular formula is C15H20FN3O. The molecule has 0 atom stereocenters. The number of nitrogens with zero attached hydrogens (tertiary/aromatic N) is 2. The third kappa shape index (κ3) is 3.15. The molecule has 2 aromatic rings. The number of fused-ring (bicyclic) bond motifs is 1. The maximum Gasteiger partial charge on any atom is 0.270 e. The van der Waals surface area contributed by atoms with Gasteiger partial charge in [0.15, 0.2) is 0 Å². The summed E-state index contributed by atoms with van der Waals surface area (Å²) in [5, 5.41) is 2.87. The number of hydrogen-bond acceptors (Lipinski definition) is 2. The van der Waals surface area contributed by atoms with Crippen molar-refractivity contribution in [1.29, 1.82) is 0 Å². The maximum atomic E-state index is 13.3. The van der Waals surface area contributed by atoms with Crippen LogP contribution in [0.5, 0.6) is 0 Å². The van der Waals surface area contributed by atoms with Crippen LogP contribution in [0.1, 0.15) is 48.8 Å². The van der Waals surface area contributed by atoms with Crippen molar-refractivity contribution in [3.05, 3.63) is 35.5 Å². The Hall–Kier alpha value is -1.91. The lowest BCUT2D eigenvalue weighted by Crippen LogP contribution is -2.26. The van der Waals surface area contributed by atoms with Crippen molar-refractivity contribution in [2.24, 2.45) is 0 Å². The zero-order chi connectivity index (χ0) is 14.5. The first kappa shape index (κ1) is 14.5. The molecule has 0 spiro atoms. The predicted octanol–water partition coefficient (Wildman–Crippen LogP) is 3.09. The Kier molecular flexibility index (Phi) is 4.71. The zero-order valence-corrected chi connectivity index (χ0v) is 11.9. The molecule has 2 aromatic heterocycles. The highest BCUT2D eigenvalue weighted by Gasteiger charge is 2.16. The van der Waals surface area contributed by atoms with E-state index in [1.807, 2.05) is 0 Å². The van der Waals surface area contributed by atoms with Gasteiger partial charge in [-0.3, -0.25) is 9.20 Å². The lowest BCUT2D eigenvalue weighted by Gasteiger charge is -2.06. The summed E-state index contributed by atoms with van der Waals surface area (Å²) in [5.74, 6) is -0.580. The number of unbranched alkanes of at least 4 members (excludes halogenated alkanes) is 3. The zero-order valence-electron chi connectivity index (χ0n) is 11.9. The molecule has 0 aliphatic rings. The number of nitrogens with one attached hydrogen (secondary N) is 1. The molecular weight excluding hydrogens is 257 g/mol. The van der Waals surface area contributed by atoms with Crippen molar-refractivity contribution in [3.63, 3.8) is 0 Å². The van der Waals surface area contributed by atoms with Crippen LogP contribution in [-0.4, -0.2) is 21.8 Å². The van der Waals surface area contributed by atoms with Gasteiger partial charge in [0.05, 0.1) is 5.69 Å². The first-order chi connectivity index (χ1) is 9.63. The van der Waals surface area contributed by atoms with Crippen LogP contribution < -0.4 is 5.32 Å². The SMILES string of the molecule is CCCCCCNC(=O)c1c(C)nc2ccc(F)cn12. The smallest absolute Gasteiger partial charge is 0.270 e.